The first kappa shape index (κ1) is 9.72. The summed E-state index contributed by atoms with van der Waals surface area (Å²) in [4.78, 5) is 5.37. The fourth-order valence-corrected chi connectivity index (χ4v) is 1.32. The van der Waals surface area contributed by atoms with Gasteiger partial charge in [-0.1, -0.05) is 0 Å². The maximum atomic E-state index is 4.11. The number of rotatable bonds is 2. The van der Waals surface area contributed by atoms with Crippen molar-refractivity contribution in [3.8, 4) is 0 Å². The third kappa shape index (κ3) is 2.54. The molecule has 1 aromatic rings. The molecule has 0 bridgehead atoms. The molecule has 0 amide bonds. The molecule has 1 aromatic heterocycles. The Hall–Kier alpha value is -0.280. The lowest BCUT2D eigenvalue weighted by atomic mass is 10.7. The lowest BCUT2D eigenvalue weighted by molar-refractivity contribution is 1.19. The molecule has 0 atom stereocenters. The highest BCUT2D eigenvalue weighted by atomic mass is 35.5. The average molecular weight is 179 g/mol. The van der Waals surface area contributed by atoms with E-state index in [2.05, 4.69) is 24.1 Å². The van der Waals surface area contributed by atoms with Gasteiger partial charge < -0.3 is 5.32 Å². The molecular weight excluding hydrogens is 168 g/mol. The molecule has 0 unspecified atom stereocenters. The third-order valence-electron chi connectivity index (χ3n) is 0.949. The number of aromatic nitrogens is 1. The predicted octanol–water partition coefficient (Wildman–Crippen LogP) is 2.31. The zero-order chi connectivity index (χ0) is 6.69. The van der Waals surface area contributed by atoms with Gasteiger partial charge in [0.05, 0.1) is 0 Å². The summed E-state index contributed by atoms with van der Waals surface area (Å²) in [6.07, 6.45) is 1.88. The quantitative estimate of drug-likeness (QED) is 0.752. The molecule has 0 spiro atoms. The van der Waals surface area contributed by atoms with E-state index in [0.29, 0.717) is 0 Å². The van der Waals surface area contributed by atoms with Crippen molar-refractivity contribution in [3.63, 3.8) is 0 Å². The first-order valence-electron chi connectivity index (χ1n) is 2.99. The van der Waals surface area contributed by atoms with Crippen LogP contribution in [-0.2, 0) is 0 Å². The maximum Gasteiger partial charge on any atom is 0.182 e. The Bertz CT molecular complexity index is 188. The van der Waals surface area contributed by atoms with Gasteiger partial charge >= 0.3 is 0 Å². The van der Waals surface area contributed by atoms with E-state index in [0.717, 1.165) is 11.7 Å². The van der Waals surface area contributed by atoms with Crippen LogP contribution in [0.15, 0.2) is 6.20 Å². The van der Waals surface area contributed by atoms with Crippen LogP contribution in [0.2, 0.25) is 0 Å². The minimum Gasteiger partial charge on any atom is -0.362 e. The van der Waals surface area contributed by atoms with E-state index in [-0.39, 0.29) is 12.4 Å². The molecule has 0 aromatic carbocycles. The van der Waals surface area contributed by atoms with Gasteiger partial charge in [-0.2, -0.15) is 0 Å². The number of hydrogen-bond donors (Lipinski definition) is 1. The molecule has 0 fully saturated rings. The molecule has 2 nitrogen and oxygen atoms in total. The van der Waals surface area contributed by atoms with Gasteiger partial charge in [-0.15, -0.1) is 23.7 Å². The van der Waals surface area contributed by atoms with Crippen LogP contribution in [-0.4, -0.2) is 11.5 Å². The van der Waals surface area contributed by atoms with Crippen LogP contribution in [0.5, 0.6) is 0 Å². The highest BCUT2D eigenvalue weighted by molar-refractivity contribution is 7.15. The van der Waals surface area contributed by atoms with Crippen LogP contribution in [0.25, 0.3) is 0 Å². The van der Waals surface area contributed by atoms with Crippen LogP contribution < -0.4 is 5.32 Å². The predicted molar refractivity (Wildman–Crippen MR) is 48.3 cm³/mol. The molecule has 4 heteroatoms. The van der Waals surface area contributed by atoms with Gasteiger partial charge in [-0.25, -0.2) is 4.98 Å². The fraction of sp³-hybridized carbons (Fsp3) is 0.500. The van der Waals surface area contributed by atoms with Crippen molar-refractivity contribution in [2.45, 2.75) is 13.8 Å². The minimum absolute atomic E-state index is 0. The second kappa shape index (κ2) is 4.52. The van der Waals surface area contributed by atoms with Gasteiger partial charge in [-0.3, -0.25) is 0 Å². The standard InChI is InChI=1S/C6H10N2S.ClH/c1-3-7-6-8-4-5(2)9-6;/h4H,3H2,1-2H3,(H,7,8);1H. The van der Waals surface area contributed by atoms with Crippen molar-refractivity contribution in [3.05, 3.63) is 11.1 Å². The molecule has 58 valence electrons. The Balaban J connectivity index is 0.000000810. The van der Waals surface area contributed by atoms with Gasteiger partial charge in [-0.05, 0) is 13.8 Å². The lowest BCUT2D eigenvalue weighted by Crippen LogP contribution is -1.93. The maximum absolute atomic E-state index is 4.11. The van der Waals surface area contributed by atoms with Gasteiger partial charge in [0.2, 0.25) is 0 Å². The Morgan fingerprint density at radius 3 is 2.80 bits per heavy atom. The van der Waals surface area contributed by atoms with Gasteiger partial charge in [0.25, 0.3) is 0 Å². The number of aryl methyl sites for hydroxylation is 1. The van der Waals surface area contributed by atoms with Crippen molar-refractivity contribution in [2.75, 3.05) is 11.9 Å². The van der Waals surface area contributed by atoms with Crippen molar-refractivity contribution >= 4 is 28.9 Å². The number of halogens is 1. The van der Waals surface area contributed by atoms with E-state index >= 15 is 0 Å². The van der Waals surface area contributed by atoms with E-state index in [1.807, 2.05) is 6.20 Å². The molecular formula is C6H11ClN2S. The van der Waals surface area contributed by atoms with E-state index in [4.69, 9.17) is 0 Å². The monoisotopic (exact) mass is 178 g/mol. The van der Waals surface area contributed by atoms with E-state index < -0.39 is 0 Å². The molecule has 0 saturated heterocycles. The van der Waals surface area contributed by atoms with Crippen molar-refractivity contribution in [1.29, 1.82) is 0 Å². The number of nitrogens with one attached hydrogen (secondary N) is 1. The fourth-order valence-electron chi connectivity index (χ4n) is 0.588. The molecule has 10 heavy (non-hydrogen) atoms. The Morgan fingerprint density at radius 1 is 1.70 bits per heavy atom. The highest BCUT2D eigenvalue weighted by Gasteiger charge is 1.92. The smallest absolute Gasteiger partial charge is 0.182 e. The topological polar surface area (TPSA) is 24.9 Å². The van der Waals surface area contributed by atoms with Crippen molar-refractivity contribution < 1.29 is 0 Å². The summed E-state index contributed by atoms with van der Waals surface area (Å²) in [5.74, 6) is 0. The van der Waals surface area contributed by atoms with Crippen LogP contribution in [0.3, 0.4) is 0 Å². The molecule has 0 aliphatic carbocycles. The molecule has 0 radical (unpaired) electrons. The summed E-state index contributed by atoms with van der Waals surface area (Å²) in [5, 5.41) is 4.16. The largest absolute Gasteiger partial charge is 0.362 e. The van der Waals surface area contributed by atoms with Gasteiger partial charge in [0, 0.05) is 17.6 Å². The number of anilines is 1. The third-order valence-corrected chi connectivity index (χ3v) is 1.82. The molecule has 1 N–H and O–H groups in total. The second-order valence-electron chi connectivity index (χ2n) is 1.81. The molecule has 0 saturated carbocycles. The van der Waals surface area contributed by atoms with E-state index in [1.165, 1.54) is 4.88 Å². The van der Waals surface area contributed by atoms with Crippen LogP contribution in [0.4, 0.5) is 5.13 Å². The first-order valence-corrected chi connectivity index (χ1v) is 3.81. The Morgan fingerprint density at radius 2 is 2.40 bits per heavy atom. The number of thiazole rings is 1. The number of nitrogens with zero attached hydrogens (tertiary/aromatic N) is 1. The Labute approximate surface area is 71.1 Å². The molecule has 1 heterocycles. The molecule has 0 aliphatic heterocycles. The lowest BCUT2D eigenvalue weighted by Gasteiger charge is -1.92. The summed E-state index contributed by atoms with van der Waals surface area (Å²) in [6.45, 7) is 5.07. The van der Waals surface area contributed by atoms with E-state index in [9.17, 15) is 0 Å². The zero-order valence-electron chi connectivity index (χ0n) is 6.05. The minimum atomic E-state index is 0. The summed E-state index contributed by atoms with van der Waals surface area (Å²) in [5.41, 5.74) is 0. The van der Waals surface area contributed by atoms with Crippen molar-refractivity contribution in [1.82, 2.24) is 4.98 Å². The molecule has 1 rings (SSSR count). The summed E-state index contributed by atoms with van der Waals surface area (Å²) >= 11 is 1.69. The average Bonchev–Trinajstić information content (AvgIpc) is 2.17. The first-order chi connectivity index (χ1) is 4.33. The summed E-state index contributed by atoms with van der Waals surface area (Å²) < 4.78 is 0. The summed E-state index contributed by atoms with van der Waals surface area (Å²) in [6, 6.07) is 0. The SMILES string of the molecule is CCNc1ncc(C)s1.Cl. The Kier molecular flexibility index (Phi) is 4.40. The molecule has 0 aliphatic rings. The van der Waals surface area contributed by atoms with Crippen molar-refractivity contribution in [2.24, 2.45) is 0 Å². The zero-order valence-corrected chi connectivity index (χ0v) is 7.68. The van der Waals surface area contributed by atoms with Crippen LogP contribution >= 0.6 is 23.7 Å². The van der Waals surface area contributed by atoms with Gasteiger partial charge in [0.15, 0.2) is 5.13 Å². The van der Waals surface area contributed by atoms with Gasteiger partial charge in [0.1, 0.15) is 0 Å². The normalized spacial score (nSPS) is 8.60. The second-order valence-corrected chi connectivity index (χ2v) is 3.04. The summed E-state index contributed by atoms with van der Waals surface area (Å²) in [7, 11) is 0. The van der Waals surface area contributed by atoms with Crippen LogP contribution in [0, 0.1) is 6.92 Å². The highest BCUT2D eigenvalue weighted by Crippen LogP contribution is 2.15. The van der Waals surface area contributed by atoms with E-state index in [1.54, 1.807) is 11.3 Å². The van der Waals surface area contributed by atoms with Crippen LogP contribution in [0.1, 0.15) is 11.8 Å². The number of hydrogen-bond acceptors (Lipinski definition) is 3.